The quantitative estimate of drug-likeness (QED) is 0.717. The summed E-state index contributed by atoms with van der Waals surface area (Å²) in [6, 6.07) is 7.62. The van der Waals surface area contributed by atoms with Crippen molar-refractivity contribution >= 4 is 23.1 Å². The molecule has 3 aromatic heterocycles. The van der Waals surface area contributed by atoms with E-state index < -0.39 is 0 Å². The van der Waals surface area contributed by atoms with E-state index in [0.717, 1.165) is 18.9 Å². The molecule has 1 saturated heterocycles. The minimum atomic E-state index is -0.0425. The molecule has 0 aliphatic carbocycles. The first kappa shape index (κ1) is 15.6. The second kappa shape index (κ2) is 6.94. The Balaban J connectivity index is 1.42. The summed E-state index contributed by atoms with van der Waals surface area (Å²) in [5.41, 5.74) is 0.457. The van der Waals surface area contributed by atoms with Crippen LogP contribution in [0.15, 0.2) is 48.2 Å². The first-order valence-electron chi connectivity index (χ1n) is 7.99. The number of nitrogens with zero attached hydrogens (tertiary/aromatic N) is 6. The molecule has 0 aromatic carbocycles. The van der Waals surface area contributed by atoms with E-state index >= 15 is 0 Å². The molecule has 4 heterocycles. The number of aromatic nitrogens is 4. The molecule has 25 heavy (non-hydrogen) atoms. The van der Waals surface area contributed by atoms with E-state index in [1.165, 1.54) is 11.3 Å². The molecule has 0 spiro atoms. The van der Waals surface area contributed by atoms with E-state index in [0.29, 0.717) is 29.6 Å². The number of pyridine rings is 1. The Hall–Kier alpha value is -2.87. The highest BCUT2D eigenvalue weighted by Crippen LogP contribution is 2.21. The van der Waals surface area contributed by atoms with Crippen molar-refractivity contribution in [2.45, 2.75) is 0 Å². The number of rotatable bonds is 3. The lowest BCUT2D eigenvalue weighted by Crippen LogP contribution is -2.49. The first-order chi connectivity index (χ1) is 12.3. The smallest absolute Gasteiger partial charge is 0.273 e. The summed E-state index contributed by atoms with van der Waals surface area (Å²) in [6.45, 7) is 2.84. The standard InChI is InChI=1S/C17H16N6OS/c24-17(13-12-25-16(21-13)15-19-6-3-7-20-15)23-10-8-22(9-11-23)14-4-1-2-5-18-14/h1-7,12H,8-11H2. The van der Waals surface area contributed by atoms with Crippen LogP contribution in [0.2, 0.25) is 0 Å². The number of carbonyl (C=O) groups excluding carboxylic acids is 1. The highest BCUT2D eigenvalue weighted by atomic mass is 32.1. The summed E-state index contributed by atoms with van der Waals surface area (Å²) in [4.78, 5) is 33.8. The van der Waals surface area contributed by atoms with Crippen LogP contribution in [0.4, 0.5) is 5.82 Å². The van der Waals surface area contributed by atoms with Gasteiger partial charge in [-0.3, -0.25) is 4.79 Å². The lowest BCUT2D eigenvalue weighted by Gasteiger charge is -2.35. The van der Waals surface area contributed by atoms with Crippen LogP contribution >= 0.6 is 11.3 Å². The molecule has 0 atom stereocenters. The molecule has 0 bridgehead atoms. The third-order valence-corrected chi connectivity index (χ3v) is 4.86. The number of amides is 1. The zero-order chi connectivity index (χ0) is 17.1. The maximum atomic E-state index is 12.7. The van der Waals surface area contributed by atoms with Crippen LogP contribution in [0, 0.1) is 0 Å². The number of anilines is 1. The van der Waals surface area contributed by atoms with Crippen LogP contribution in [-0.2, 0) is 0 Å². The van der Waals surface area contributed by atoms with Crippen LogP contribution < -0.4 is 4.90 Å². The summed E-state index contributed by atoms with van der Waals surface area (Å²) in [5, 5.41) is 2.44. The van der Waals surface area contributed by atoms with Crippen molar-refractivity contribution in [3.63, 3.8) is 0 Å². The Kier molecular flexibility index (Phi) is 4.34. The maximum Gasteiger partial charge on any atom is 0.273 e. The Morgan fingerprint density at radius 1 is 0.960 bits per heavy atom. The van der Waals surface area contributed by atoms with Gasteiger partial charge in [0.2, 0.25) is 0 Å². The highest BCUT2D eigenvalue weighted by Gasteiger charge is 2.24. The van der Waals surface area contributed by atoms with Gasteiger partial charge >= 0.3 is 0 Å². The van der Waals surface area contributed by atoms with Crippen LogP contribution in [0.1, 0.15) is 10.5 Å². The molecule has 1 fully saturated rings. The van der Waals surface area contributed by atoms with Gasteiger partial charge < -0.3 is 9.80 Å². The molecule has 126 valence electrons. The van der Waals surface area contributed by atoms with Crippen molar-refractivity contribution in [3.8, 4) is 10.8 Å². The van der Waals surface area contributed by atoms with Gasteiger partial charge in [0.25, 0.3) is 5.91 Å². The number of hydrogen-bond acceptors (Lipinski definition) is 7. The third kappa shape index (κ3) is 3.34. The number of hydrogen-bond donors (Lipinski definition) is 0. The van der Waals surface area contributed by atoms with Gasteiger partial charge in [-0.15, -0.1) is 11.3 Å². The monoisotopic (exact) mass is 352 g/mol. The second-order valence-electron chi connectivity index (χ2n) is 5.58. The van der Waals surface area contributed by atoms with Gasteiger partial charge in [0.05, 0.1) is 0 Å². The van der Waals surface area contributed by atoms with Crippen molar-refractivity contribution in [3.05, 3.63) is 53.9 Å². The Labute approximate surface area is 149 Å². The summed E-state index contributed by atoms with van der Waals surface area (Å²) in [7, 11) is 0. The Bertz CT molecular complexity index is 846. The zero-order valence-electron chi connectivity index (χ0n) is 13.4. The molecular formula is C17H16N6OS. The Morgan fingerprint density at radius 3 is 2.44 bits per heavy atom. The SMILES string of the molecule is O=C(c1csc(-c2ncccn2)n1)N1CCN(c2ccccn2)CC1. The topological polar surface area (TPSA) is 75.1 Å². The Morgan fingerprint density at radius 2 is 1.72 bits per heavy atom. The largest absolute Gasteiger partial charge is 0.353 e. The van der Waals surface area contributed by atoms with Gasteiger partial charge in [-0.05, 0) is 18.2 Å². The summed E-state index contributed by atoms with van der Waals surface area (Å²) >= 11 is 1.39. The predicted molar refractivity (Wildman–Crippen MR) is 95.5 cm³/mol. The average molecular weight is 352 g/mol. The first-order valence-corrected chi connectivity index (χ1v) is 8.87. The zero-order valence-corrected chi connectivity index (χ0v) is 14.3. The van der Waals surface area contributed by atoms with Gasteiger partial charge in [-0.25, -0.2) is 19.9 Å². The molecule has 0 saturated carbocycles. The van der Waals surface area contributed by atoms with E-state index in [9.17, 15) is 4.79 Å². The van der Waals surface area contributed by atoms with Gasteiger partial charge in [0.15, 0.2) is 10.8 Å². The number of piperazine rings is 1. The van der Waals surface area contributed by atoms with Crippen molar-refractivity contribution in [1.29, 1.82) is 0 Å². The van der Waals surface area contributed by atoms with E-state index in [1.54, 1.807) is 30.0 Å². The maximum absolute atomic E-state index is 12.7. The molecule has 3 aromatic rings. The van der Waals surface area contributed by atoms with Gasteiger partial charge in [0.1, 0.15) is 11.5 Å². The molecule has 1 aliphatic rings. The van der Waals surface area contributed by atoms with Crippen molar-refractivity contribution < 1.29 is 4.79 Å². The highest BCUT2D eigenvalue weighted by molar-refractivity contribution is 7.13. The second-order valence-corrected chi connectivity index (χ2v) is 6.44. The van der Waals surface area contributed by atoms with Crippen LogP contribution in [0.5, 0.6) is 0 Å². The van der Waals surface area contributed by atoms with E-state index in [2.05, 4.69) is 24.8 Å². The van der Waals surface area contributed by atoms with Crippen molar-refractivity contribution in [2.75, 3.05) is 31.1 Å². The lowest BCUT2D eigenvalue weighted by atomic mass is 10.3. The van der Waals surface area contributed by atoms with Crippen LogP contribution in [0.3, 0.4) is 0 Å². The molecule has 8 heteroatoms. The molecule has 4 rings (SSSR count). The fourth-order valence-corrected chi connectivity index (χ4v) is 3.46. The van der Waals surface area contributed by atoms with E-state index in [4.69, 9.17) is 0 Å². The molecule has 1 aliphatic heterocycles. The third-order valence-electron chi connectivity index (χ3n) is 4.02. The summed E-state index contributed by atoms with van der Waals surface area (Å²) < 4.78 is 0. The number of carbonyl (C=O) groups is 1. The fourth-order valence-electron chi connectivity index (χ4n) is 2.73. The predicted octanol–water partition coefficient (Wildman–Crippen LogP) is 1.96. The summed E-state index contributed by atoms with van der Waals surface area (Å²) in [6.07, 6.45) is 5.12. The minimum Gasteiger partial charge on any atom is -0.353 e. The van der Waals surface area contributed by atoms with E-state index in [1.807, 2.05) is 23.1 Å². The average Bonchev–Trinajstić information content (AvgIpc) is 3.19. The van der Waals surface area contributed by atoms with Gasteiger partial charge in [-0.1, -0.05) is 6.07 Å². The normalized spacial score (nSPS) is 14.6. The van der Waals surface area contributed by atoms with Crippen LogP contribution in [0.25, 0.3) is 10.8 Å². The molecule has 1 amide bonds. The van der Waals surface area contributed by atoms with Crippen molar-refractivity contribution in [2.24, 2.45) is 0 Å². The lowest BCUT2D eigenvalue weighted by molar-refractivity contribution is 0.0741. The molecule has 0 N–H and O–H groups in total. The fraction of sp³-hybridized carbons (Fsp3) is 0.235. The molecular weight excluding hydrogens is 336 g/mol. The van der Waals surface area contributed by atoms with Gasteiger partial charge in [-0.2, -0.15) is 0 Å². The van der Waals surface area contributed by atoms with Crippen molar-refractivity contribution in [1.82, 2.24) is 24.8 Å². The van der Waals surface area contributed by atoms with Gasteiger partial charge in [0, 0.05) is 50.1 Å². The van der Waals surface area contributed by atoms with E-state index in [-0.39, 0.29) is 5.91 Å². The summed E-state index contributed by atoms with van der Waals surface area (Å²) in [5.74, 6) is 1.46. The molecule has 0 unspecified atom stereocenters. The minimum absolute atomic E-state index is 0.0425. The molecule has 7 nitrogen and oxygen atoms in total. The molecule has 0 radical (unpaired) electrons. The van der Waals surface area contributed by atoms with Crippen LogP contribution in [-0.4, -0.2) is 56.9 Å². The number of thiazole rings is 1.